The molecule has 3 rings (SSSR count). The summed E-state index contributed by atoms with van der Waals surface area (Å²) < 4.78 is 120. The van der Waals surface area contributed by atoms with Gasteiger partial charge in [0.05, 0.1) is 216 Å². The van der Waals surface area contributed by atoms with Crippen LogP contribution in [0.1, 0.15) is 139 Å². The molecule has 746 valence electrons. The number of nitrogens with zero attached hydrogens (tertiary/aromatic N) is 4. The summed E-state index contributed by atoms with van der Waals surface area (Å²) in [6, 6.07) is 0. The van der Waals surface area contributed by atoms with Crippen molar-refractivity contribution in [3.63, 3.8) is 0 Å². The highest BCUT2D eigenvalue weighted by molar-refractivity contribution is 6.05. The molecule has 7 atom stereocenters. The molecule has 2 N–H and O–H groups in total. The average molecular weight is 1840 g/mol. The summed E-state index contributed by atoms with van der Waals surface area (Å²) in [7, 11) is 12.8. The fourth-order valence-corrected chi connectivity index (χ4v) is 12.6. The molecular weight excluding hydrogens is 1680 g/mol. The molecule has 0 aromatic heterocycles. The van der Waals surface area contributed by atoms with Crippen LogP contribution in [0, 0.1) is 34.0 Å². The van der Waals surface area contributed by atoms with Gasteiger partial charge in [0.1, 0.15) is 42.6 Å². The number of Topliss-reactive ketones (excluding diaryl/α,β-unsaturated/α-hetero) is 2. The van der Waals surface area contributed by atoms with Gasteiger partial charge in [-0.3, -0.25) is 67.4 Å². The van der Waals surface area contributed by atoms with Crippen molar-refractivity contribution in [3.8, 4) is 0 Å². The number of likely N-dealkylation sites (tertiary alicyclic amines) is 3. The molecule has 0 aromatic rings. The lowest BCUT2D eigenvalue weighted by molar-refractivity contribution is -0.142. The number of methoxy groups -OCH3 is 8. The van der Waals surface area contributed by atoms with Crippen molar-refractivity contribution in [1.82, 2.24) is 30.2 Å². The van der Waals surface area contributed by atoms with E-state index in [0.29, 0.717) is 211 Å². The van der Waals surface area contributed by atoms with Crippen molar-refractivity contribution in [2.75, 3.05) is 314 Å². The molecule has 3 saturated heterocycles. The number of hydrogen-bond acceptors (Lipinski definition) is 33. The molecule has 3 aliphatic heterocycles. The van der Waals surface area contributed by atoms with E-state index in [1.165, 1.54) is 26.7 Å². The first-order chi connectivity index (χ1) is 61.3. The lowest BCUT2D eigenvalue weighted by Crippen LogP contribution is -2.44. The maximum absolute atomic E-state index is 12.7. The molecule has 0 aromatic carbocycles. The predicted molar refractivity (Wildman–Crippen MR) is 469 cm³/mol. The van der Waals surface area contributed by atoms with Crippen molar-refractivity contribution in [3.05, 3.63) is 0 Å². The fourth-order valence-electron chi connectivity index (χ4n) is 12.6. The van der Waals surface area contributed by atoms with E-state index in [2.05, 4.69) is 10.6 Å². The first-order valence-corrected chi connectivity index (χ1v) is 44.8. The molecule has 3 fully saturated rings. The maximum Gasteiger partial charge on any atom is 0.249 e. The van der Waals surface area contributed by atoms with E-state index in [1.807, 2.05) is 62.3 Å². The standard InChI is InChI=1S/C39H74N2O16.C26H45N3O9.C24H43NO8/c1-39(2,3)35-25-37(43)41(38(35)44)11-9-36(42)40-10-8-12-49-26-32(57-24-21-54-31-34(56-23-16-48-7)28-51-18-14-46-5)29-52-19-20-53-30-33(55-22-15-47-6)27-50-17-13-45-4;1-26(2,3)21-17-23(32)29(25(21)34)10-8-20(30)7-6-9-27-22(31)18-28(11-12-37-15-13-35-4)24(33)19-38-16-14-36-5;1-24(2,3)21-16-22(27)25(23(21)28)10-9-19(26)8-6-7-11-31-17-20(33-15-13-30-5)18-32-14-12-29-4/h32-35H,8-31H2,1-7H3,(H,40,42);21H,6-19H2,1-5H3,(H,27,31);20-21H,6-18H2,1-5H3. The molecule has 3 aliphatic rings. The van der Waals surface area contributed by atoms with Gasteiger partial charge in [0, 0.05) is 161 Å². The third-order valence-electron chi connectivity index (χ3n) is 20.3. The van der Waals surface area contributed by atoms with E-state index in [4.69, 9.17) is 104 Å². The number of imide groups is 3. The largest absolute Gasteiger partial charge is 0.382 e. The Morgan fingerprint density at radius 3 is 0.953 bits per heavy atom. The molecule has 39 heteroatoms. The zero-order chi connectivity index (χ0) is 95.2. The highest BCUT2D eigenvalue weighted by atomic mass is 16.6. The van der Waals surface area contributed by atoms with Crippen molar-refractivity contribution in [2.24, 2.45) is 34.0 Å². The number of rotatable bonds is 79. The van der Waals surface area contributed by atoms with Gasteiger partial charge in [0.15, 0.2) is 0 Å². The smallest absolute Gasteiger partial charge is 0.249 e. The number of hydrogen-bond donors (Lipinski definition) is 2. The maximum atomic E-state index is 12.7. The van der Waals surface area contributed by atoms with Crippen LogP contribution in [-0.2, 0) is 157 Å². The summed E-state index contributed by atoms with van der Waals surface area (Å²) in [4.78, 5) is 141. The van der Waals surface area contributed by atoms with E-state index in [1.54, 1.807) is 49.8 Å². The number of amides is 9. The molecule has 0 radical (unpaired) electrons. The first-order valence-electron chi connectivity index (χ1n) is 44.8. The number of carbonyl (C=O) groups excluding carboxylic acids is 11. The summed E-state index contributed by atoms with van der Waals surface area (Å²) in [5.41, 5.74) is -0.872. The van der Waals surface area contributed by atoms with E-state index >= 15 is 0 Å². The topological polar surface area (TPSA) is 428 Å². The molecule has 0 saturated carbocycles. The molecule has 0 spiro atoms. The predicted octanol–water partition coefficient (Wildman–Crippen LogP) is 3.81. The number of ether oxygens (including phenoxy) is 22. The van der Waals surface area contributed by atoms with Crippen LogP contribution in [0.25, 0.3) is 0 Å². The zero-order valence-electron chi connectivity index (χ0n) is 80.4. The summed E-state index contributed by atoms with van der Waals surface area (Å²) in [6.45, 7) is 30.5. The Kier molecular flexibility index (Phi) is 70.2. The molecule has 0 aliphatic carbocycles. The number of ketones is 2. The van der Waals surface area contributed by atoms with Crippen LogP contribution in [0.2, 0.25) is 0 Å². The van der Waals surface area contributed by atoms with Crippen LogP contribution in [0.4, 0.5) is 0 Å². The van der Waals surface area contributed by atoms with E-state index in [9.17, 15) is 52.7 Å². The van der Waals surface area contributed by atoms with Gasteiger partial charge < -0.3 is 120 Å². The Morgan fingerprint density at radius 2 is 0.602 bits per heavy atom. The highest BCUT2D eigenvalue weighted by Crippen LogP contribution is 2.38. The van der Waals surface area contributed by atoms with Crippen molar-refractivity contribution < 1.29 is 157 Å². The zero-order valence-corrected chi connectivity index (χ0v) is 80.4. The highest BCUT2D eigenvalue weighted by Gasteiger charge is 2.47. The average Bonchev–Trinajstić information content (AvgIpc) is 1.67. The van der Waals surface area contributed by atoms with Crippen molar-refractivity contribution in [1.29, 1.82) is 0 Å². The van der Waals surface area contributed by atoms with Crippen molar-refractivity contribution in [2.45, 2.75) is 164 Å². The van der Waals surface area contributed by atoms with E-state index < -0.39 is 0 Å². The van der Waals surface area contributed by atoms with E-state index in [-0.39, 0.29) is 240 Å². The van der Waals surface area contributed by atoms with Gasteiger partial charge in [-0.25, -0.2) is 0 Å². The van der Waals surface area contributed by atoms with Gasteiger partial charge in [-0.15, -0.1) is 0 Å². The molecule has 3 heterocycles. The lowest BCUT2D eigenvalue weighted by Gasteiger charge is -2.24. The Labute approximate surface area is 760 Å². The third-order valence-corrected chi connectivity index (χ3v) is 20.3. The second kappa shape index (κ2) is 74.7. The first kappa shape index (κ1) is 120. The minimum Gasteiger partial charge on any atom is -0.382 e. The van der Waals surface area contributed by atoms with Gasteiger partial charge in [0.2, 0.25) is 53.2 Å². The van der Waals surface area contributed by atoms with Crippen LogP contribution in [-0.4, -0.2) is 423 Å². The minimum atomic E-state index is -0.388. The SMILES string of the molecule is COCCOCC(COCCCCC(=O)CCN1C(=O)CC(C(C)(C)C)C1=O)OCCOC.COCCOCC(COCCOCC(COCCCNC(=O)CCN1C(=O)CC(C(C)(C)C)C1=O)OCCOCC(COCCOC)OCCOC)OCCOC.COCCOCCN(CC(=O)NCCCC(=O)CCN1C(=O)CC(C(C)(C)C)C1=O)C(=O)COCCOC. The molecule has 9 amide bonds. The van der Waals surface area contributed by atoms with Crippen LogP contribution in [0.3, 0.4) is 0 Å². The van der Waals surface area contributed by atoms with Gasteiger partial charge in [-0.05, 0) is 41.9 Å². The minimum absolute atomic E-state index is 0.0543. The Morgan fingerprint density at radius 1 is 0.320 bits per heavy atom. The summed E-state index contributed by atoms with van der Waals surface area (Å²) in [6.07, 6.45) is 2.90. The number of nitrogens with one attached hydrogen (secondary N) is 2. The fraction of sp³-hybridized carbons (Fsp3) is 0.876. The molecule has 128 heavy (non-hydrogen) atoms. The molecule has 39 nitrogen and oxygen atoms in total. The van der Waals surface area contributed by atoms with Crippen LogP contribution in [0.15, 0.2) is 0 Å². The Hall–Kier alpha value is -5.71. The summed E-state index contributed by atoms with van der Waals surface area (Å²) in [5.74, 6) is -3.19. The summed E-state index contributed by atoms with van der Waals surface area (Å²) >= 11 is 0. The molecule has 0 bridgehead atoms. The van der Waals surface area contributed by atoms with Crippen molar-refractivity contribution >= 4 is 64.7 Å². The van der Waals surface area contributed by atoms with Crippen LogP contribution >= 0.6 is 0 Å². The second-order valence-corrected chi connectivity index (χ2v) is 34.0. The monoisotopic (exact) mass is 1840 g/mol. The molecule has 7 unspecified atom stereocenters. The van der Waals surface area contributed by atoms with E-state index in [0.717, 1.165) is 6.42 Å². The third kappa shape index (κ3) is 58.3. The second-order valence-electron chi connectivity index (χ2n) is 34.0. The quantitative estimate of drug-likeness (QED) is 0.0645. The Balaban J connectivity index is 0.00000101. The number of carbonyl (C=O) groups is 11. The Bertz CT molecular complexity index is 2980. The van der Waals surface area contributed by atoms with Gasteiger partial charge >= 0.3 is 0 Å². The van der Waals surface area contributed by atoms with Gasteiger partial charge in [-0.2, -0.15) is 0 Å². The summed E-state index contributed by atoms with van der Waals surface area (Å²) in [5, 5.41) is 5.55. The van der Waals surface area contributed by atoms with Crippen LogP contribution in [0.5, 0.6) is 0 Å². The molecular formula is C89H162N6O33. The lowest BCUT2D eigenvalue weighted by atomic mass is 9.80. The van der Waals surface area contributed by atoms with Gasteiger partial charge in [0.25, 0.3) is 0 Å². The van der Waals surface area contributed by atoms with Gasteiger partial charge in [-0.1, -0.05) is 62.3 Å². The van der Waals surface area contributed by atoms with Crippen LogP contribution < -0.4 is 10.6 Å². The normalized spacial score (nSPS) is 16.5. The number of unbranched alkanes of at least 4 members (excludes halogenated alkanes) is 1.